The number of carboxylic acids is 1. The molecule has 0 radical (unpaired) electrons. The highest BCUT2D eigenvalue weighted by atomic mass is 19.1. The van der Waals surface area contributed by atoms with E-state index in [1.54, 1.807) is 12.1 Å². The average molecular weight is 445 g/mol. The summed E-state index contributed by atoms with van der Waals surface area (Å²) in [7, 11) is 0. The van der Waals surface area contributed by atoms with Gasteiger partial charge in [-0.2, -0.15) is 0 Å². The normalized spacial score (nSPS) is 14.1. The number of benzene rings is 1. The van der Waals surface area contributed by atoms with Gasteiger partial charge in [-0.25, -0.2) is 19.2 Å². The van der Waals surface area contributed by atoms with Crippen LogP contribution >= 0.6 is 0 Å². The van der Waals surface area contributed by atoms with Gasteiger partial charge in [0.05, 0.1) is 6.42 Å². The number of hydrogen-bond acceptors (Lipinski definition) is 7. The molecule has 5 N–H and O–H groups in total. The molecule has 0 spiro atoms. The number of halogens is 1. The minimum atomic E-state index is -1.01. The van der Waals surface area contributed by atoms with Crippen LogP contribution in [0, 0.1) is 5.82 Å². The van der Waals surface area contributed by atoms with E-state index in [4.69, 9.17) is 21.3 Å². The number of amides is 1. The van der Waals surface area contributed by atoms with E-state index >= 15 is 0 Å². The van der Waals surface area contributed by atoms with Crippen molar-refractivity contribution in [3.05, 3.63) is 42.0 Å². The number of guanidine groups is 1. The standard InChI is InChI=1S/C20H24FN7O4/c21-17-13(12-32-20(31)26-18(22)23)2-1-3-15(17)14-10-24-19(25-11-14)28-8-6-27(7-9-28)5-4-16(29)30/h1-3,10-11H,4-9,12H2,(H,29,30)(H4,22,23,26,31). The molecular formula is C20H24FN7O4. The number of aliphatic carboxylic acids is 1. The van der Waals surface area contributed by atoms with Crippen LogP contribution in [0.1, 0.15) is 12.0 Å². The van der Waals surface area contributed by atoms with Gasteiger partial charge < -0.3 is 26.2 Å². The molecule has 1 aliphatic heterocycles. The molecule has 170 valence electrons. The minimum absolute atomic E-state index is 0.114. The molecule has 0 atom stereocenters. The third-order valence-electron chi connectivity index (χ3n) is 4.90. The molecule has 0 unspecified atom stereocenters. The number of hydrogen-bond donors (Lipinski definition) is 3. The van der Waals surface area contributed by atoms with Crippen molar-refractivity contribution in [1.82, 2.24) is 14.9 Å². The Kier molecular flexibility index (Phi) is 7.49. The predicted molar refractivity (Wildman–Crippen MR) is 114 cm³/mol. The molecule has 1 amide bonds. The Morgan fingerprint density at radius 2 is 1.84 bits per heavy atom. The molecule has 1 fully saturated rings. The lowest BCUT2D eigenvalue weighted by Crippen LogP contribution is -2.47. The van der Waals surface area contributed by atoms with Gasteiger partial charge in [0.2, 0.25) is 5.95 Å². The van der Waals surface area contributed by atoms with E-state index in [1.165, 1.54) is 18.5 Å². The molecule has 12 heteroatoms. The molecule has 1 saturated heterocycles. The molecule has 2 heterocycles. The van der Waals surface area contributed by atoms with E-state index in [0.717, 1.165) is 0 Å². The van der Waals surface area contributed by atoms with Crippen LogP contribution in [-0.4, -0.2) is 70.7 Å². The topological polar surface area (TPSA) is 160 Å². The number of carbonyl (C=O) groups excluding carboxylic acids is 1. The Morgan fingerprint density at radius 1 is 1.16 bits per heavy atom. The number of piperazine rings is 1. The molecule has 2 aromatic rings. The van der Waals surface area contributed by atoms with Gasteiger partial charge in [0.1, 0.15) is 12.4 Å². The predicted octanol–water partition coefficient (Wildman–Crippen LogP) is 0.789. The summed E-state index contributed by atoms with van der Waals surface area (Å²) in [5.74, 6) is -1.29. The van der Waals surface area contributed by atoms with E-state index in [9.17, 15) is 14.0 Å². The molecule has 0 bridgehead atoms. The van der Waals surface area contributed by atoms with E-state index in [2.05, 4.69) is 19.9 Å². The van der Waals surface area contributed by atoms with Gasteiger partial charge in [-0.1, -0.05) is 18.2 Å². The first-order chi connectivity index (χ1) is 15.3. The third kappa shape index (κ3) is 6.11. The summed E-state index contributed by atoms with van der Waals surface area (Å²) in [4.78, 5) is 38.1. The lowest BCUT2D eigenvalue weighted by atomic mass is 10.1. The van der Waals surface area contributed by atoms with E-state index in [-0.39, 0.29) is 24.2 Å². The second-order valence-electron chi connectivity index (χ2n) is 7.11. The smallest absolute Gasteiger partial charge is 0.437 e. The van der Waals surface area contributed by atoms with Crippen molar-refractivity contribution in [3.8, 4) is 11.1 Å². The second kappa shape index (κ2) is 10.5. The number of carbonyl (C=O) groups is 2. The first-order valence-corrected chi connectivity index (χ1v) is 9.89. The highest BCUT2D eigenvalue weighted by Crippen LogP contribution is 2.25. The monoisotopic (exact) mass is 445 g/mol. The lowest BCUT2D eigenvalue weighted by Gasteiger charge is -2.34. The fourth-order valence-electron chi connectivity index (χ4n) is 3.24. The molecule has 32 heavy (non-hydrogen) atoms. The summed E-state index contributed by atoms with van der Waals surface area (Å²) in [5, 5.41) is 8.80. The highest BCUT2D eigenvalue weighted by molar-refractivity contribution is 5.87. The first-order valence-electron chi connectivity index (χ1n) is 9.89. The summed E-state index contributed by atoms with van der Waals surface area (Å²) in [6, 6.07) is 4.70. The van der Waals surface area contributed by atoms with Gasteiger partial charge in [-0.15, -0.1) is 4.99 Å². The third-order valence-corrected chi connectivity index (χ3v) is 4.90. The Hall–Kier alpha value is -3.80. The van der Waals surface area contributed by atoms with Gasteiger partial charge in [-0.05, 0) is 0 Å². The molecule has 1 aromatic carbocycles. The van der Waals surface area contributed by atoms with E-state index in [1.807, 2.05) is 4.90 Å². The zero-order valence-electron chi connectivity index (χ0n) is 17.3. The summed E-state index contributed by atoms with van der Waals surface area (Å²) in [5.41, 5.74) is 11.1. The van der Waals surface area contributed by atoms with Gasteiger partial charge in [-0.3, -0.25) is 9.69 Å². The zero-order valence-corrected chi connectivity index (χ0v) is 17.3. The Balaban J connectivity index is 1.63. The quantitative estimate of drug-likeness (QED) is 0.410. The number of aromatic nitrogens is 2. The van der Waals surface area contributed by atoms with Gasteiger partial charge in [0.15, 0.2) is 5.96 Å². The summed E-state index contributed by atoms with van der Waals surface area (Å²) < 4.78 is 19.8. The molecular weight excluding hydrogens is 421 g/mol. The largest absolute Gasteiger partial charge is 0.481 e. The Morgan fingerprint density at radius 3 is 2.47 bits per heavy atom. The van der Waals surface area contributed by atoms with Crippen LogP contribution in [0.25, 0.3) is 11.1 Å². The maximum Gasteiger partial charge on any atom is 0.437 e. The lowest BCUT2D eigenvalue weighted by molar-refractivity contribution is -0.137. The summed E-state index contributed by atoms with van der Waals surface area (Å²) in [6.45, 7) is 2.95. The number of nitrogens with zero attached hydrogens (tertiary/aromatic N) is 5. The number of aliphatic imine (C=N–C) groups is 1. The van der Waals surface area contributed by atoms with Crippen LogP contribution in [0.2, 0.25) is 0 Å². The molecule has 0 saturated carbocycles. The van der Waals surface area contributed by atoms with Crippen molar-refractivity contribution in [2.24, 2.45) is 16.5 Å². The number of anilines is 1. The molecule has 1 aliphatic rings. The molecule has 1 aromatic heterocycles. The fraction of sp³-hybridized carbons (Fsp3) is 0.350. The first kappa shape index (κ1) is 22.9. The summed E-state index contributed by atoms with van der Waals surface area (Å²) >= 11 is 0. The van der Waals surface area contributed by atoms with Crippen molar-refractivity contribution >= 4 is 24.0 Å². The maximum atomic E-state index is 14.9. The van der Waals surface area contributed by atoms with Crippen LogP contribution in [-0.2, 0) is 16.1 Å². The highest BCUT2D eigenvalue weighted by Gasteiger charge is 2.20. The van der Waals surface area contributed by atoms with Crippen LogP contribution in [0.4, 0.5) is 15.1 Å². The summed E-state index contributed by atoms with van der Waals surface area (Å²) in [6.07, 6.45) is 2.17. The van der Waals surface area contributed by atoms with E-state index < -0.39 is 23.8 Å². The van der Waals surface area contributed by atoms with Crippen LogP contribution in [0.15, 0.2) is 35.6 Å². The van der Waals surface area contributed by atoms with Gasteiger partial charge >= 0.3 is 12.1 Å². The molecule has 3 rings (SSSR count). The van der Waals surface area contributed by atoms with Crippen LogP contribution < -0.4 is 16.4 Å². The molecule has 0 aliphatic carbocycles. The number of carboxylic acid groups (broad SMARTS) is 1. The fourth-order valence-corrected chi connectivity index (χ4v) is 3.24. The zero-order chi connectivity index (χ0) is 23.1. The van der Waals surface area contributed by atoms with Crippen LogP contribution in [0.5, 0.6) is 0 Å². The minimum Gasteiger partial charge on any atom is -0.481 e. The van der Waals surface area contributed by atoms with Gasteiger partial charge in [0, 0.05) is 61.8 Å². The number of nitrogens with two attached hydrogens (primary N) is 2. The second-order valence-corrected chi connectivity index (χ2v) is 7.11. The number of ether oxygens (including phenoxy) is 1. The van der Waals surface area contributed by atoms with E-state index in [0.29, 0.717) is 44.2 Å². The van der Waals surface area contributed by atoms with Crippen molar-refractivity contribution in [2.75, 3.05) is 37.6 Å². The SMILES string of the molecule is NC(N)=NC(=O)OCc1cccc(-c2cnc(N3CCN(CCC(=O)O)CC3)nc2)c1F. The van der Waals surface area contributed by atoms with Crippen molar-refractivity contribution in [1.29, 1.82) is 0 Å². The van der Waals surface area contributed by atoms with Gasteiger partial charge in [0.25, 0.3) is 0 Å². The Bertz CT molecular complexity index is 988. The van der Waals surface area contributed by atoms with Crippen molar-refractivity contribution in [2.45, 2.75) is 13.0 Å². The van der Waals surface area contributed by atoms with Crippen molar-refractivity contribution < 1.29 is 23.8 Å². The number of rotatable bonds is 7. The Labute approximate surface area is 183 Å². The van der Waals surface area contributed by atoms with Crippen molar-refractivity contribution in [3.63, 3.8) is 0 Å². The molecule has 11 nitrogen and oxygen atoms in total. The average Bonchev–Trinajstić information content (AvgIpc) is 2.77. The maximum absolute atomic E-state index is 14.9. The van der Waals surface area contributed by atoms with Crippen LogP contribution in [0.3, 0.4) is 0 Å².